The Morgan fingerprint density at radius 1 is 1.38 bits per heavy atom. The molecule has 21 heavy (non-hydrogen) atoms. The van der Waals surface area contributed by atoms with E-state index < -0.39 is 10.8 Å². The molecule has 0 fully saturated rings. The van der Waals surface area contributed by atoms with Crippen molar-refractivity contribution in [1.82, 2.24) is 5.32 Å². The van der Waals surface area contributed by atoms with Gasteiger partial charge in [0.25, 0.3) is 11.6 Å². The van der Waals surface area contributed by atoms with Gasteiger partial charge < -0.3 is 20.5 Å². The lowest BCUT2D eigenvalue weighted by atomic mass is 10.1. The monoisotopic (exact) mass is 297 g/mol. The van der Waals surface area contributed by atoms with Gasteiger partial charge in [0.2, 0.25) is 0 Å². The fourth-order valence-electron chi connectivity index (χ4n) is 1.61. The van der Waals surface area contributed by atoms with Crippen molar-refractivity contribution in [3.63, 3.8) is 0 Å². The van der Waals surface area contributed by atoms with Crippen molar-refractivity contribution in [2.75, 3.05) is 39.2 Å². The molecule has 0 aromatic heterocycles. The highest BCUT2D eigenvalue weighted by molar-refractivity contribution is 5.99. The van der Waals surface area contributed by atoms with Crippen molar-refractivity contribution in [2.45, 2.75) is 6.42 Å². The van der Waals surface area contributed by atoms with Gasteiger partial charge in [-0.05, 0) is 18.6 Å². The summed E-state index contributed by atoms with van der Waals surface area (Å²) in [5, 5.41) is 13.5. The lowest BCUT2D eigenvalue weighted by Gasteiger charge is -2.07. The van der Waals surface area contributed by atoms with Crippen LogP contribution in [0.3, 0.4) is 0 Å². The molecule has 1 aromatic rings. The number of nitrogens with one attached hydrogen (secondary N) is 1. The zero-order valence-electron chi connectivity index (χ0n) is 11.8. The summed E-state index contributed by atoms with van der Waals surface area (Å²) < 4.78 is 10.1. The number of anilines is 1. The molecule has 0 spiro atoms. The smallest absolute Gasteiger partial charge is 0.282 e. The molecule has 0 radical (unpaired) electrons. The molecule has 0 aliphatic rings. The highest BCUT2D eigenvalue weighted by Crippen LogP contribution is 2.20. The summed E-state index contributed by atoms with van der Waals surface area (Å²) in [4.78, 5) is 22.2. The summed E-state index contributed by atoms with van der Waals surface area (Å²) in [6.45, 7) is 1.84. The number of nitro benzene ring substituents is 1. The molecule has 0 unspecified atom stereocenters. The van der Waals surface area contributed by atoms with Crippen LogP contribution in [0.1, 0.15) is 16.8 Å². The number of carbonyl (C=O) groups excluding carboxylic acids is 1. The lowest BCUT2D eigenvalue weighted by Crippen LogP contribution is -2.26. The van der Waals surface area contributed by atoms with E-state index in [1.165, 1.54) is 18.2 Å². The molecule has 0 atom stereocenters. The molecule has 0 saturated heterocycles. The maximum Gasteiger partial charge on any atom is 0.282 e. The quantitative estimate of drug-likeness (QED) is 0.303. The van der Waals surface area contributed by atoms with Crippen LogP contribution in [0, 0.1) is 10.1 Å². The van der Waals surface area contributed by atoms with Crippen molar-refractivity contribution in [1.29, 1.82) is 0 Å². The molecular weight excluding hydrogens is 278 g/mol. The van der Waals surface area contributed by atoms with Crippen LogP contribution in [-0.4, -0.2) is 44.3 Å². The van der Waals surface area contributed by atoms with E-state index in [1.54, 1.807) is 7.11 Å². The molecule has 1 aromatic carbocycles. The molecule has 8 nitrogen and oxygen atoms in total. The second kappa shape index (κ2) is 8.88. The van der Waals surface area contributed by atoms with E-state index in [-0.39, 0.29) is 11.3 Å². The van der Waals surface area contributed by atoms with Crippen molar-refractivity contribution < 1.29 is 19.2 Å². The zero-order valence-corrected chi connectivity index (χ0v) is 11.8. The first-order valence-corrected chi connectivity index (χ1v) is 6.45. The van der Waals surface area contributed by atoms with Crippen molar-refractivity contribution in [2.24, 2.45) is 0 Å². The second-order valence-corrected chi connectivity index (χ2v) is 4.25. The van der Waals surface area contributed by atoms with Gasteiger partial charge in [0.1, 0.15) is 5.56 Å². The van der Waals surface area contributed by atoms with Crippen LogP contribution in [0.4, 0.5) is 11.4 Å². The Labute approximate surface area is 122 Å². The molecular formula is C13H19N3O5. The summed E-state index contributed by atoms with van der Waals surface area (Å²) in [6, 6.07) is 3.90. The number of carbonyl (C=O) groups is 1. The highest BCUT2D eigenvalue weighted by atomic mass is 16.6. The summed E-state index contributed by atoms with van der Waals surface area (Å²) in [7, 11) is 1.59. The predicted molar refractivity (Wildman–Crippen MR) is 77.2 cm³/mol. The summed E-state index contributed by atoms with van der Waals surface area (Å²) in [6.07, 6.45) is 0.603. The van der Waals surface area contributed by atoms with E-state index in [9.17, 15) is 14.9 Å². The summed E-state index contributed by atoms with van der Waals surface area (Å²) >= 11 is 0. The first-order valence-electron chi connectivity index (χ1n) is 6.45. The molecule has 116 valence electrons. The summed E-state index contributed by atoms with van der Waals surface area (Å²) in [5.41, 5.74) is 5.55. The van der Waals surface area contributed by atoms with Crippen LogP contribution in [0.2, 0.25) is 0 Å². The maximum atomic E-state index is 11.9. The van der Waals surface area contributed by atoms with E-state index in [1.807, 2.05) is 0 Å². The van der Waals surface area contributed by atoms with Gasteiger partial charge >= 0.3 is 0 Å². The Hall–Kier alpha value is -2.19. The Morgan fingerprint density at radius 3 is 2.81 bits per heavy atom. The third-order valence-corrected chi connectivity index (χ3v) is 2.64. The van der Waals surface area contributed by atoms with Crippen LogP contribution >= 0.6 is 0 Å². The fraction of sp³-hybridized carbons (Fsp3) is 0.462. The zero-order chi connectivity index (χ0) is 15.7. The third-order valence-electron chi connectivity index (χ3n) is 2.64. The topological polar surface area (TPSA) is 117 Å². The number of nitrogens with two attached hydrogens (primary N) is 1. The maximum absolute atomic E-state index is 11.9. The standard InChI is InChI=1S/C13H19N3O5/c1-20-7-8-21-6-2-5-15-13(17)11-9-10(14)3-4-12(11)16(18)19/h3-4,9H,2,5-8,14H2,1H3,(H,15,17). The van der Waals surface area contributed by atoms with Gasteiger partial charge in [0.05, 0.1) is 18.1 Å². The fourth-order valence-corrected chi connectivity index (χ4v) is 1.61. The first kappa shape index (κ1) is 16.9. The van der Waals surface area contributed by atoms with Gasteiger partial charge in [-0.15, -0.1) is 0 Å². The number of hydrogen-bond acceptors (Lipinski definition) is 6. The number of nitrogens with zero attached hydrogens (tertiary/aromatic N) is 1. The lowest BCUT2D eigenvalue weighted by molar-refractivity contribution is -0.385. The summed E-state index contributed by atoms with van der Waals surface area (Å²) in [5.74, 6) is -0.522. The van der Waals surface area contributed by atoms with E-state index >= 15 is 0 Å². The van der Waals surface area contributed by atoms with E-state index in [0.29, 0.717) is 38.5 Å². The number of methoxy groups -OCH3 is 1. The number of amides is 1. The molecule has 0 bridgehead atoms. The van der Waals surface area contributed by atoms with Crippen LogP contribution in [-0.2, 0) is 9.47 Å². The SMILES string of the molecule is COCCOCCCNC(=O)c1cc(N)ccc1[N+](=O)[O-]. The Bertz CT molecular complexity index is 493. The third kappa shape index (κ3) is 5.76. The molecule has 0 aliphatic carbocycles. The largest absolute Gasteiger partial charge is 0.399 e. The second-order valence-electron chi connectivity index (χ2n) is 4.25. The van der Waals surface area contributed by atoms with Gasteiger partial charge in [-0.1, -0.05) is 0 Å². The van der Waals surface area contributed by atoms with Crippen LogP contribution in [0.25, 0.3) is 0 Å². The van der Waals surface area contributed by atoms with Crippen LogP contribution < -0.4 is 11.1 Å². The van der Waals surface area contributed by atoms with Gasteiger partial charge in [0, 0.05) is 32.0 Å². The van der Waals surface area contributed by atoms with Gasteiger partial charge in [-0.3, -0.25) is 14.9 Å². The van der Waals surface area contributed by atoms with Gasteiger partial charge in [-0.25, -0.2) is 0 Å². The van der Waals surface area contributed by atoms with Crippen molar-refractivity contribution in [3.05, 3.63) is 33.9 Å². The van der Waals surface area contributed by atoms with Crippen molar-refractivity contribution in [3.8, 4) is 0 Å². The van der Waals surface area contributed by atoms with Crippen LogP contribution in [0.15, 0.2) is 18.2 Å². The minimum absolute atomic E-state index is 0.0414. The molecule has 0 aliphatic heterocycles. The number of nitro groups is 1. The Kier molecular flexibility index (Phi) is 7.13. The average molecular weight is 297 g/mol. The first-order chi connectivity index (χ1) is 10.1. The molecule has 0 saturated carbocycles. The van der Waals surface area contributed by atoms with E-state index in [4.69, 9.17) is 15.2 Å². The van der Waals surface area contributed by atoms with E-state index in [2.05, 4.69) is 5.32 Å². The van der Waals surface area contributed by atoms with Gasteiger partial charge in [-0.2, -0.15) is 0 Å². The predicted octanol–water partition coefficient (Wildman–Crippen LogP) is 0.960. The average Bonchev–Trinajstić information content (AvgIpc) is 2.45. The minimum atomic E-state index is -0.609. The minimum Gasteiger partial charge on any atom is -0.399 e. The van der Waals surface area contributed by atoms with Crippen LogP contribution in [0.5, 0.6) is 0 Å². The van der Waals surface area contributed by atoms with Gasteiger partial charge in [0.15, 0.2) is 0 Å². The molecule has 0 heterocycles. The van der Waals surface area contributed by atoms with Crippen molar-refractivity contribution >= 4 is 17.3 Å². The number of ether oxygens (including phenoxy) is 2. The molecule has 8 heteroatoms. The Balaban J connectivity index is 2.45. The van der Waals surface area contributed by atoms with E-state index in [0.717, 1.165) is 0 Å². The molecule has 1 amide bonds. The molecule has 3 N–H and O–H groups in total. The number of rotatable bonds is 9. The Morgan fingerprint density at radius 2 is 2.14 bits per heavy atom. The normalized spacial score (nSPS) is 10.3. The number of hydrogen-bond donors (Lipinski definition) is 2. The molecule has 1 rings (SSSR count). The number of benzene rings is 1. The number of nitrogen functional groups attached to an aromatic ring is 1. The highest BCUT2D eigenvalue weighted by Gasteiger charge is 2.19.